The summed E-state index contributed by atoms with van der Waals surface area (Å²) in [5, 5.41) is 0. The molecule has 0 aliphatic heterocycles. The van der Waals surface area contributed by atoms with E-state index in [1.807, 2.05) is 0 Å². The molecule has 0 aliphatic rings. The van der Waals surface area contributed by atoms with Crippen LogP contribution in [0.4, 0.5) is 0 Å². The Labute approximate surface area is 64.6 Å². The van der Waals surface area contributed by atoms with E-state index < -0.39 is 0 Å². The van der Waals surface area contributed by atoms with Crippen LogP contribution in [0.1, 0.15) is 0 Å². The zero-order valence-corrected chi connectivity index (χ0v) is 6.14. The van der Waals surface area contributed by atoms with Gasteiger partial charge in [-0.05, 0) is 0 Å². The predicted molar refractivity (Wildman–Crippen MR) is 9.00 cm³/mol. The Morgan fingerprint density at radius 2 is 1.00 bits per heavy atom. The van der Waals surface area contributed by atoms with Gasteiger partial charge in [-0.3, -0.25) is 0 Å². The summed E-state index contributed by atoms with van der Waals surface area (Å²) in [5.41, 5.74) is 0. The molecule has 0 aromatic rings. The Morgan fingerprint density at radius 1 is 1.00 bits per heavy atom. The van der Waals surface area contributed by atoms with Crippen molar-refractivity contribution in [1.82, 2.24) is 0 Å². The van der Waals surface area contributed by atoms with Gasteiger partial charge in [0.05, 0.1) is 0 Å². The van der Waals surface area contributed by atoms with Crippen LogP contribution in [-0.2, 0) is 40.3 Å². The van der Waals surface area contributed by atoms with Crippen LogP contribution in [0.25, 0.3) is 0 Å². The first-order valence-electron chi connectivity index (χ1n) is 0. The molecule has 0 fully saturated rings. The van der Waals surface area contributed by atoms with Crippen molar-refractivity contribution < 1.29 is 40.3 Å². The van der Waals surface area contributed by atoms with E-state index in [9.17, 15) is 0 Å². The molecular weight excluding hydrogens is 138 g/mol. The first kappa shape index (κ1) is 40.6. The molecule has 0 heterocycles. The molecule has 0 spiro atoms. The van der Waals surface area contributed by atoms with Crippen molar-refractivity contribution in [3.05, 3.63) is 7.43 Å². The standard InChI is InChI=1S/C.Al.Ti.V. The van der Waals surface area contributed by atoms with Crippen LogP contribution in [0.3, 0.4) is 0 Å². The Balaban J connectivity index is 0. The van der Waals surface area contributed by atoms with Crippen LogP contribution in [0.5, 0.6) is 0 Å². The molecule has 0 saturated carbocycles. The molecule has 0 aliphatic carbocycles. The molecule has 0 rings (SSSR count). The van der Waals surface area contributed by atoms with Gasteiger partial charge in [0.1, 0.15) is 0 Å². The first-order chi connectivity index (χ1) is 0. The molecule has 0 nitrogen and oxygen atoms in total. The SMILES string of the molecule is [Al].[C].[Ti].[V]. The average Bonchev–Trinajstić information content (AvgIpc) is 0. The third-order valence-corrected chi connectivity index (χ3v) is 0. The largest absolute Gasteiger partial charge is 0 e. The summed E-state index contributed by atoms with van der Waals surface area (Å²) >= 11 is 0. The van der Waals surface area contributed by atoms with Crippen molar-refractivity contribution in [3.8, 4) is 0 Å². The van der Waals surface area contributed by atoms with Crippen molar-refractivity contribution in [1.29, 1.82) is 0 Å². The molecule has 0 bridgehead atoms. The zero-order chi connectivity index (χ0) is 0. The molecular formula is CAlTiV. The second-order valence-electron chi connectivity index (χ2n) is 0. The Kier molecular flexibility index (Phi) is 215. The van der Waals surface area contributed by atoms with E-state index in [-0.39, 0.29) is 65.1 Å². The quantitative estimate of drug-likeness (QED) is 0.403. The summed E-state index contributed by atoms with van der Waals surface area (Å²) < 4.78 is 0. The average molecular weight is 138 g/mol. The van der Waals surface area contributed by atoms with Crippen LogP contribution in [0, 0.1) is 7.43 Å². The number of rotatable bonds is 0. The number of hydrogen-bond acceptors (Lipinski definition) is 0. The summed E-state index contributed by atoms with van der Waals surface area (Å²) in [6, 6.07) is 0. The zero-order valence-electron chi connectivity index (χ0n) is 2.02. The maximum Gasteiger partial charge on any atom is 0 e. The van der Waals surface area contributed by atoms with Gasteiger partial charge in [0.15, 0.2) is 0 Å². The molecule has 8 radical (unpaired) electrons. The molecule has 0 aromatic carbocycles. The van der Waals surface area contributed by atoms with Crippen LogP contribution in [-0.4, -0.2) is 17.4 Å². The first-order valence-corrected chi connectivity index (χ1v) is 0. The van der Waals surface area contributed by atoms with Gasteiger partial charge >= 0.3 is 0 Å². The maximum atomic E-state index is 0. The summed E-state index contributed by atoms with van der Waals surface area (Å²) in [7, 11) is 0. The molecule has 0 aromatic heterocycles. The fourth-order valence-electron chi connectivity index (χ4n) is 0. The van der Waals surface area contributed by atoms with E-state index in [1.165, 1.54) is 0 Å². The van der Waals surface area contributed by atoms with Gasteiger partial charge in [-0.1, -0.05) is 0 Å². The van der Waals surface area contributed by atoms with Crippen molar-refractivity contribution in [3.63, 3.8) is 0 Å². The summed E-state index contributed by atoms with van der Waals surface area (Å²) in [6.07, 6.45) is 0. The van der Waals surface area contributed by atoms with E-state index in [0.717, 1.165) is 0 Å². The van der Waals surface area contributed by atoms with Gasteiger partial charge in [-0.15, -0.1) is 0 Å². The van der Waals surface area contributed by atoms with Crippen LogP contribution in [0.15, 0.2) is 0 Å². The van der Waals surface area contributed by atoms with Gasteiger partial charge < -0.3 is 0 Å². The molecule has 4 heavy (non-hydrogen) atoms. The molecule has 16 valence electrons. The summed E-state index contributed by atoms with van der Waals surface area (Å²) in [5.74, 6) is 0. The van der Waals surface area contributed by atoms with Gasteiger partial charge in [0.2, 0.25) is 0 Å². The third-order valence-electron chi connectivity index (χ3n) is 0. The van der Waals surface area contributed by atoms with E-state index in [1.54, 1.807) is 0 Å². The Hall–Kier alpha value is 1.83. The van der Waals surface area contributed by atoms with E-state index in [2.05, 4.69) is 0 Å². The van der Waals surface area contributed by atoms with Crippen LogP contribution < -0.4 is 0 Å². The van der Waals surface area contributed by atoms with Crippen molar-refractivity contribution in [2.24, 2.45) is 0 Å². The number of hydrogen-bond donors (Lipinski definition) is 0. The Bertz CT molecular complexity index is 8.00. The van der Waals surface area contributed by atoms with Crippen LogP contribution in [0.2, 0.25) is 0 Å². The van der Waals surface area contributed by atoms with Crippen molar-refractivity contribution >= 4 is 17.4 Å². The summed E-state index contributed by atoms with van der Waals surface area (Å²) in [6.45, 7) is 0. The van der Waals surface area contributed by atoms with Crippen molar-refractivity contribution in [2.75, 3.05) is 0 Å². The normalized spacial score (nSPS) is 0. The summed E-state index contributed by atoms with van der Waals surface area (Å²) in [4.78, 5) is 0. The molecule has 0 N–H and O–H groups in total. The molecule has 3 heteroatoms. The van der Waals surface area contributed by atoms with E-state index in [0.29, 0.717) is 0 Å². The minimum atomic E-state index is 0. The fraction of sp³-hybridized carbons (Fsp3) is 0. The monoisotopic (exact) mass is 138 g/mol. The van der Waals surface area contributed by atoms with E-state index >= 15 is 0 Å². The smallest absolute Gasteiger partial charge is 0 e. The van der Waals surface area contributed by atoms with Gasteiger partial charge in [-0.25, -0.2) is 0 Å². The molecule has 0 unspecified atom stereocenters. The van der Waals surface area contributed by atoms with Crippen LogP contribution >= 0.6 is 0 Å². The molecule has 0 saturated heterocycles. The van der Waals surface area contributed by atoms with Gasteiger partial charge in [-0.2, -0.15) is 0 Å². The maximum absolute atomic E-state index is 0. The fourth-order valence-corrected chi connectivity index (χ4v) is 0. The second-order valence-corrected chi connectivity index (χ2v) is 0. The van der Waals surface area contributed by atoms with Gasteiger partial charge in [0.25, 0.3) is 0 Å². The second kappa shape index (κ2) is 21.1. The molecule has 0 atom stereocenters. The third kappa shape index (κ3) is 9.16. The predicted octanol–water partition coefficient (Wildman–Crippen LogP) is -0.305. The van der Waals surface area contributed by atoms with Gasteiger partial charge in [0, 0.05) is 65.1 Å². The topological polar surface area (TPSA) is 0 Å². The minimum absolute atomic E-state index is 0. The Morgan fingerprint density at radius 3 is 1.00 bits per heavy atom. The molecule has 0 amide bonds. The van der Waals surface area contributed by atoms with Crippen molar-refractivity contribution in [2.45, 2.75) is 0 Å². The minimum Gasteiger partial charge on any atom is 0 e. The van der Waals surface area contributed by atoms with E-state index in [4.69, 9.17) is 0 Å².